The summed E-state index contributed by atoms with van der Waals surface area (Å²) in [4.78, 5) is 28.0. The highest BCUT2D eigenvalue weighted by atomic mass is 32.1. The van der Waals surface area contributed by atoms with Crippen molar-refractivity contribution in [3.05, 3.63) is 0 Å². The molecule has 0 aromatic carbocycles. The molecule has 18 heavy (non-hydrogen) atoms. The zero-order chi connectivity index (χ0) is 13.3. The molecule has 2 aliphatic rings. The van der Waals surface area contributed by atoms with Gasteiger partial charge in [0.1, 0.15) is 6.04 Å². The number of carbonyl (C=O) groups excluding carboxylic acids is 2. The molecule has 2 unspecified atom stereocenters. The van der Waals surface area contributed by atoms with Crippen molar-refractivity contribution >= 4 is 29.0 Å². The van der Waals surface area contributed by atoms with Crippen LogP contribution in [-0.4, -0.2) is 52.3 Å². The van der Waals surface area contributed by atoms with Gasteiger partial charge in [-0.2, -0.15) is 0 Å². The second-order valence-electron chi connectivity index (χ2n) is 5.12. The number of nitrogens with two attached hydrogens (primary N) is 1. The Bertz CT molecular complexity index is 386. The van der Waals surface area contributed by atoms with Gasteiger partial charge in [-0.3, -0.25) is 9.59 Å². The van der Waals surface area contributed by atoms with Crippen molar-refractivity contribution in [2.45, 2.75) is 32.2 Å². The minimum Gasteiger partial charge on any atom is -0.393 e. The number of rotatable bonds is 3. The van der Waals surface area contributed by atoms with Gasteiger partial charge in [0.05, 0.1) is 11.5 Å². The maximum Gasteiger partial charge on any atom is 0.245 e. The van der Waals surface area contributed by atoms with Crippen LogP contribution in [-0.2, 0) is 9.59 Å². The summed E-state index contributed by atoms with van der Waals surface area (Å²) in [7, 11) is 0. The normalized spacial score (nSPS) is 25.9. The van der Waals surface area contributed by atoms with E-state index in [1.807, 2.05) is 6.92 Å². The lowest BCUT2D eigenvalue weighted by Crippen LogP contribution is -2.62. The molecule has 2 amide bonds. The highest BCUT2D eigenvalue weighted by Crippen LogP contribution is 2.23. The number of piperazine rings is 1. The average molecular weight is 269 g/mol. The Morgan fingerprint density at radius 3 is 2.89 bits per heavy atom. The molecule has 2 fully saturated rings. The molecule has 0 aromatic rings. The quantitative estimate of drug-likeness (QED) is 0.740. The maximum atomic E-state index is 12.3. The van der Waals surface area contributed by atoms with Crippen LogP contribution in [0, 0.1) is 5.92 Å². The number of amides is 2. The van der Waals surface area contributed by atoms with E-state index in [0.717, 1.165) is 19.3 Å². The minimum atomic E-state index is -0.251. The second-order valence-corrected chi connectivity index (χ2v) is 5.59. The van der Waals surface area contributed by atoms with Crippen LogP contribution in [0.3, 0.4) is 0 Å². The summed E-state index contributed by atoms with van der Waals surface area (Å²) in [5.74, 6) is 0.0544. The van der Waals surface area contributed by atoms with Crippen molar-refractivity contribution in [2.75, 3.05) is 19.6 Å². The van der Waals surface area contributed by atoms with E-state index >= 15 is 0 Å². The second kappa shape index (κ2) is 5.22. The number of fused-ring (bicyclic) bond motifs is 1. The van der Waals surface area contributed by atoms with Gasteiger partial charge in [-0.15, -0.1) is 0 Å². The van der Waals surface area contributed by atoms with Crippen LogP contribution in [0.1, 0.15) is 26.2 Å². The van der Waals surface area contributed by atoms with Crippen molar-refractivity contribution in [1.29, 1.82) is 0 Å². The third-order valence-electron chi connectivity index (χ3n) is 3.73. The van der Waals surface area contributed by atoms with Gasteiger partial charge in [0, 0.05) is 19.0 Å². The van der Waals surface area contributed by atoms with Crippen LogP contribution < -0.4 is 5.73 Å². The molecule has 2 atom stereocenters. The molecule has 0 saturated carbocycles. The predicted molar refractivity (Wildman–Crippen MR) is 71.9 cm³/mol. The first-order valence-electron chi connectivity index (χ1n) is 6.38. The molecule has 100 valence electrons. The van der Waals surface area contributed by atoms with Crippen LogP contribution in [0.2, 0.25) is 0 Å². The summed E-state index contributed by atoms with van der Waals surface area (Å²) < 4.78 is 0. The zero-order valence-corrected chi connectivity index (χ0v) is 11.4. The van der Waals surface area contributed by atoms with Gasteiger partial charge in [-0.25, -0.2) is 0 Å². The molecule has 2 heterocycles. The topological polar surface area (TPSA) is 66.6 Å². The van der Waals surface area contributed by atoms with Gasteiger partial charge in [-0.05, 0) is 19.3 Å². The smallest absolute Gasteiger partial charge is 0.245 e. The predicted octanol–water partition coefficient (Wildman–Crippen LogP) is 0.132. The number of hydrogen-bond donors (Lipinski definition) is 1. The fourth-order valence-electron chi connectivity index (χ4n) is 2.60. The third-order valence-corrected chi connectivity index (χ3v) is 4.13. The van der Waals surface area contributed by atoms with Crippen LogP contribution in [0.4, 0.5) is 0 Å². The standard InChI is InChI=1S/C12H19N3O2S/c1-8(11(13)18)6-14-7-10(16)15-5-3-2-4-9(15)12(14)17/h8-9H,2-7H2,1H3,(H2,13,18). The summed E-state index contributed by atoms with van der Waals surface area (Å²) in [6, 6.07) is -0.251. The Labute approximate surface area is 112 Å². The molecule has 0 bridgehead atoms. The monoisotopic (exact) mass is 269 g/mol. The van der Waals surface area contributed by atoms with E-state index in [1.54, 1.807) is 9.80 Å². The average Bonchev–Trinajstić information content (AvgIpc) is 2.35. The van der Waals surface area contributed by atoms with Crippen LogP contribution in [0.25, 0.3) is 0 Å². The van der Waals surface area contributed by atoms with Gasteiger partial charge in [0.15, 0.2) is 0 Å². The largest absolute Gasteiger partial charge is 0.393 e. The fraction of sp³-hybridized carbons (Fsp3) is 0.750. The molecule has 0 spiro atoms. The maximum absolute atomic E-state index is 12.3. The van der Waals surface area contributed by atoms with Crippen molar-refractivity contribution < 1.29 is 9.59 Å². The number of thiocarbonyl (C=S) groups is 1. The van der Waals surface area contributed by atoms with Gasteiger partial charge in [0.25, 0.3) is 0 Å². The van der Waals surface area contributed by atoms with Crippen molar-refractivity contribution in [3.8, 4) is 0 Å². The molecule has 0 radical (unpaired) electrons. The lowest BCUT2D eigenvalue weighted by Gasteiger charge is -2.43. The number of carbonyl (C=O) groups is 2. The summed E-state index contributed by atoms with van der Waals surface area (Å²) in [6.07, 6.45) is 2.79. The van der Waals surface area contributed by atoms with Crippen LogP contribution >= 0.6 is 12.2 Å². The highest BCUT2D eigenvalue weighted by molar-refractivity contribution is 7.80. The lowest BCUT2D eigenvalue weighted by molar-refractivity contribution is -0.158. The summed E-state index contributed by atoms with van der Waals surface area (Å²) in [6.45, 7) is 3.22. The van der Waals surface area contributed by atoms with Crippen molar-refractivity contribution in [3.63, 3.8) is 0 Å². The Balaban J connectivity index is 2.07. The molecule has 0 aliphatic carbocycles. The van der Waals surface area contributed by atoms with E-state index in [4.69, 9.17) is 18.0 Å². The van der Waals surface area contributed by atoms with Gasteiger partial charge in [-0.1, -0.05) is 19.1 Å². The Morgan fingerprint density at radius 1 is 1.50 bits per heavy atom. The first-order chi connectivity index (χ1) is 8.50. The summed E-state index contributed by atoms with van der Waals surface area (Å²) in [5.41, 5.74) is 5.56. The molecule has 2 N–H and O–H groups in total. The highest BCUT2D eigenvalue weighted by Gasteiger charge is 2.40. The van der Waals surface area contributed by atoms with Crippen molar-refractivity contribution in [2.24, 2.45) is 11.7 Å². The first kappa shape index (κ1) is 13.3. The Morgan fingerprint density at radius 2 is 2.22 bits per heavy atom. The summed E-state index contributed by atoms with van der Waals surface area (Å²) >= 11 is 4.91. The fourth-order valence-corrected chi connectivity index (χ4v) is 2.68. The van der Waals surface area contributed by atoms with E-state index in [2.05, 4.69) is 0 Å². The lowest BCUT2D eigenvalue weighted by atomic mass is 9.97. The van der Waals surface area contributed by atoms with Gasteiger partial charge >= 0.3 is 0 Å². The molecule has 5 nitrogen and oxygen atoms in total. The summed E-state index contributed by atoms with van der Waals surface area (Å²) in [5, 5.41) is 0. The molecule has 2 rings (SSSR count). The number of hydrogen-bond acceptors (Lipinski definition) is 3. The minimum absolute atomic E-state index is 0.0492. The van der Waals surface area contributed by atoms with Crippen LogP contribution in [0.5, 0.6) is 0 Å². The third kappa shape index (κ3) is 2.48. The van der Waals surface area contributed by atoms with E-state index in [9.17, 15) is 9.59 Å². The zero-order valence-electron chi connectivity index (χ0n) is 10.6. The van der Waals surface area contributed by atoms with E-state index in [1.165, 1.54) is 0 Å². The SMILES string of the molecule is CC(CN1CC(=O)N2CCCCC2C1=O)C(N)=S. The molecule has 2 aliphatic heterocycles. The van der Waals surface area contributed by atoms with Gasteiger partial charge in [0.2, 0.25) is 11.8 Å². The van der Waals surface area contributed by atoms with E-state index < -0.39 is 0 Å². The van der Waals surface area contributed by atoms with E-state index in [-0.39, 0.29) is 30.3 Å². The number of piperidine rings is 1. The van der Waals surface area contributed by atoms with E-state index in [0.29, 0.717) is 18.1 Å². The Hall–Kier alpha value is -1.17. The van der Waals surface area contributed by atoms with Crippen molar-refractivity contribution in [1.82, 2.24) is 9.80 Å². The van der Waals surface area contributed by atoms with Crippen LogP contribution in [0.15, 0.2) is 0 Å². The molecular weight excluding hydrogens is 250 g/mol. The molecule has 2 saturated heterocycles. The van der Waals surface area contributed by atoms with Gasteiger partial charge < -0.3 is 15.5 Å². The molecule has 6 heteroatoms. The molecular formula is C12H19N3O2S. The molecule has 0 aromatic heterocycles. The number of nitrogens with zero attached hydrogens (tertiary/aromatic N) is 2. The first-order valence-corrected chi connectivity index (χ1v) is 6.79. The Kier molecular flexibility index (Phi) is 3.85.